The van der Waals surface area contributed by atoms with Crippen LogP contribution in [0.4, 0.5) is 0 Å². The van der Waals surface area contributed by atoms with Crippen LogP contribution in [-0.4, -0.2) is 38.3 Å². The van der Waals surface area contributed by atoms with Crippen molar-refractivity contribution in [2.24, 2.45) is 4.99 Å². The minimum atomic E-state index is 0. The third kappa shape index (κ3) is 7.81. The Morgan fingerprint density at radius 1 is 1.17 bits per heavy atom. The lowest BCUT2D eigenvalue weighted by Crippen LogP contribution is -2.38. The van der Waals surface area contributed by atoms with Gasteiger partial charge in [-0.25, -0.2) is 0 Å². The van der Waals surface area contributed by atoms with Gasteiger partial charge in [0.25, 0.3) is 0 Å². The van der Waals surface area contributed by atoms with Crippen LogP contribution >= 0.6 is 24.0 Å². The molecule has 0 amide bonds. The van der Waals surface area contributed by atoms with E-state index in [1.54, 1.807) is 14.2 Å². The van der Waals surface area contributed by atoms with Crippen LogP contribution in [0.1, 0.15) is 41.8 Å². The molecule has 1 unspecified atom stereocenters. The zero-order chi connectivity index (χ0) is 20.4. The van der Waals surface area contributed by atoms with Crippen LogP contribution in [0.2, 0.25) is 0 Å². The molecule has 0 radical (unpaired) electrons. The highest BCUT2D eigenvalue weighted by molar-refractivity contribution is 14.0. The fourth-order valence-corrected chi connectivity index (χ4v) is 3.00. The number of aromatic nitrogens is 1. The third-order valence-corrected chi connectivity index (χ3v) is 4.65. The monoisotopic (exact) mass is 512 g/mol. The largest absolute Gasteiger partial charge is 0.496 e. The molecule has 0 aliphatic rings. The van der Waals surface area contributed by atoms with E-state index in [1.807, 2.05) is 38.2 Å². The van der Waals surface area contributed by atoms with Gasteiger partial charge in [0.1, 0.15) is 5.75 Å². The maximum absolute atomic E-state index is 5.90. The summed E-state index contributed by atoms with van der Waals surface area (Å²) in [6.45, 7) is 8.16. The van der Waals surface area contributed by atoms with Gasteiger partial charge in [0, 0.05) is 37.5 Å². The maximum Gasteiger partial charge on any atom is 0.191 e. The van der Waals surface area contributed by atoms with Gasteiger partial charge >= 0.3 is 0 Å². The number of ether oxygens (including phenoxy) is 2. The molecule has 6 nitrogen and oxygen atoms in total. The zero-order valence-electron chi connectivity index (χ0n) is 18.0. The van der Waals surface area contributed by atoms with Crippen LogP contribution in [0.5, 0.6) is 5.75 Å². The summed E-state index contributed by atoms with van der Waals surface area (Å²) in [5.41, 5.74) is 4.24. The lowest BCUT2D eigenvalue weighted by atomic mass is 10.1. The molecule has 1 aromatic carbocycles. The first-order chi connectivity index (χ1) is 13.6. The molecule has 2 rings (SSSR count). The number of aryl methyl sites for hydroxylation is 1. The van der Waals surface area contributed by atoms with Gasteiger partial charge < -0.3 is 20.1 Å². The van der Waals surface area contributed by atoms with Crippen LogP contribution in [0.3, 0.4) is 0 Å². The number of rotatable bonds is 9. The van der Waals surface area contributed by atoms with Gasteiger partial charge in [0.2, 0.25) is 0 Å². The van der Waals surface area contributed by atoms with E-state index in [4.69, 9.17) is 9.47 Å². The van der Waals surface area contributed by atoms with E-state index in [-0.39, 0.29) is 30.1 Å². The predicted octanol–water partition coefficient (Wildman–Crippen LogP) is 4.16. The molecule has 0 saturated heterocycles. The molecule has 0 saturated carbocycles. The second kappa shape index (κ2) is 13.4. The average molecular weight is 512 g/mol. The number of nitrogens with zero attached hydrogens (tertiary/aromatic N) is 2. The fraction of sp³-hybridized carbons (Fsp3) is 0.455. The summed E-state index contributed by atoms with van der Waals surface area (Å²) < 4.78 is 11.4. The number of aliphatic imine (C=N–C) groups is 1. The molecule has 2 aromatic rings. The van der Waals surface area contributed by atoms with E-state index >= 15 is 0 Å². The molecule has 160 valence electrons. The Bertz CT molecular complexity index is 769. The number of hydrogen-bond donors (Lipinski definition) is 2. The maximum atomic E-state index is 5.90. The van der Waals surface area contributed by atoms with E-state index in [2.05, 4.69) is 39.7 Å². The normalized spacial score (nSPS) is 12.1. The summed E-state index contributed by atoms with van der Waals surface area (Å²) in [6.07, 6.45) is 2.84. The van der Waals surface area contributed by atoms with Gasteiger partial charge in [-0.1, -0.05) is 30.3 Å². The molecule has 1 aromatic heterocycles. The molecule has 7 heteroatoms. The van der Waals surface area contributed by atoms with Gasteiger partial charge in [-0.3, -0.25) is 9.98 Å². The second-order valence-corrected chi connectivity index (χ2v) is 6.68. The number of pyridine rings is 1. The molecule has 0 aliphatic carbocycles. The van der Waals surface area contributed by atoms with Crippen molar-refractivity contribution in [3.05, 3.63) is 58.9 Å². The lowest BCUT2D eigenvalue weighted by molar-refractivity contribution is 0.0646. The minimum absolute atomic E-state index is 0. The topological polar surface area (TPSA) is 67.8 Å². The first-order valence-electron chi connectivity index (χ1n) is 9.67. The molecular formula is C22H33IN4O2. The van der Waals surface area contributed by atoms with E-state index in [0.29, 0.717) is 13.2 Å². The highest BCUT2D eigenvalue weighted by atomic mass is 127. The quantitative estimate of drug-likeness (QED) is 0.229. The number of nitrogens with one attached hydrogen (secondary N) is 2. The summed E-state index contributed by atoms with van der Waals surface area (Å²) in [6, 6.07) is 10.3. The number of halogens is 1. The molecule has 0 aliphatic heterocycles. The number of benzene rings is 1. The summed E-state index contributed by atoms with van der Waals surface area (Å²) in [5.74, 6) is 1.64. The highest BCUT2D eigenvalue weighted by Gasteiger charge is 2.10. The van der Waals surface area contributed by atoms with E-state index < -0.39 is 0 Å². The summed E-state index contributed by atoms with van der Waals surface area (Å²) in [7, 11) is 3.45. The second-order valence-electron chi connectivity index (χ2n) is 6.68. The van der Waals surface area contributed by atoms with E-state index in [0.717, 1.165) is 41.5 Å². The molecule has 29 heavy (non-hydrogen) atoms. The van der Waals surface area contributed by atoms with Crippen molar-refractivity contribution in [3.63, 3.8) is 0 Å². The smallest absolute Gasteiger partial charge is 0.191 e. The van der Waals surface area contributed by atoms with Crippen LogP contribution in [0.15, 0.2) is 41.5 Å². The Hall–Kier alpha value is -1.87. The van der Waals surface area contributed by atoms with E-state index in [1.165, 1.54) is 5.56 Å². The number of methoxy groups -OCH3 is 1. The molecular weight excluding hydrogens is 479 g/mol. The van der Waals surface area contributed by atoms with Gasteiger partial charge in [0.05, 0.1) is 25.5 Å². The SMILES string of the molecule is CN=C(NCCCOC(C)c1ccccc1)NCc1ncc(C)c(OC)c1C.I. The van der Waals surface area contributed by atoms with Crippen LogP contribution in [-0.2, 0) is 11.3 Å². The highest BCUT2D eigenvalue weighted by Crippen LogP contribution is 2.23. The van der Waals surface area contributed by atoms with Crippen LogP contribution < -0.4 is 15.4 Å². The average Bonchev–Trinajstić information content (AvgIpc) is 2.72. The third-order valence-electron chi connectivity index (χ3n) is 4.65. The standard InChI is InChI=1S/C22H32N4O2.HI/c1-16-14-25-20(17(2)21(16)27-5)15-26-22(23-4)24-12-9-13-28-18(3)19-10-7-6-8-11-19;/h6-8,10-11,14,18H,9,12-13,15H2,1-5H3,(H2,23,24,26);1H. The molecule has 0 fully saturated rings. The van der Waals surface area contributed by atoms with Crippen molar-refractivity contribution in [2.75, 3.05) is 27.3 Å². The van der Waals surface area contributed by atoms with Crippen molar-refractivity contribution >= 4 is 29.9 Å². The molecule has 2 N–H and O–H groups in total. The Morgan fingerprint density at radius 2 is 1.90 bits per heavy atom. The van der Waals surface area contributed by atoms with Crippen molar-refractivity contribution in [2.45, 2.75) is 39.8 Å². The predicted molar refractivity (Wildman–Crippen MR) is 129 cm³/mol. The lowest BCUT2D eigenvalue weighted by Gasteiger charge is -2.16. The summed E-state index contributed by atoms with van der Waals surface area (Å²) >= 11 is 0. The van der Waals surface area contributed by atoms with Gasteiger partial charge in [-0.15, -0.1) is 24.0 Å². The Balaban J connectivity index is 0.00000420. The number of guanidine groups is 1. The van der Waals surface area contributed by atoms with Crippen LogP contribution in [0.25, 0.3) is 0 Å². The van der Waals surface area contributed by atoms with Crippen molar-refractivity contribution < 1.29 is 9.47 Å². The van der Waals surface area contributed by atoms with Crippen molar-refractivity contribution in [1.29, 1.82) is 0 Å². The zero-order valence-corrected chi connectivity index (χ0v) is 20.3. The Kier molecular flexibility index (Phi) is 11.6. The Morgan fingerprint density at radius 3 is 2.55 bits per heavy atom. The summed E-state index contributed by atoms with van der Waals surface area (Å²) in [4.78, 5) is 8.77. The van der Waals surface area contributed by atoms with Gasteiger partial charge in [-0.2, -0.15) is 0 Å². The molecule has 1 atom stereocenters. The fourth-order valence-electron chi connectivity index (χ4n) is 3.00. The summed E-state index contributed by atoms with van der Waals surface area (Å²) in [5, 5.41) is 6.62. The van der Waals surface area contributed by atoms with Gasteiger partial charge in [-0.05, 0) is 32.8 Å². The van der Waals surface area contributed by atoms with Crippen molar-refractivity contribution in [3.8, 4) is 5.75 Å². The Labute approximate surface area is 191 Å². The first-order valence-corrected chi connectivity index (χ1v) is 9.67. The van der Waals surface area contributed by atoms with Crippen LogP contribution in [0, 0.1) is 13.8 Å². The molecule has 0 bridgehead atoms. The minimum Gasteiger partial charge on any atom is -0.496 e. The molecule has 1 heterocycles. The first kappa shape index (κ1) is 25.2. The number of hydrogen-bond acceptors (Lipinski definition) is 4. The van der Waals surface area contributed by atoms with E-state index in [9.17, 15) is 0 Å². The van der Waals surface area contributed by atoms with Crippen molar-refractivity contribution in [1.82, 2.24) is 15.6 Å². The van der Waals surface area contributed by atoms with Gasteiger partial charge in [0.15, 0.2) is 5.96 Å². The molecule has 0 spiro atoms.